The van der Waals surface area contributed by atoms with Crippen molar-refractivity contribution in [1.82, 2.24) is 4.90 Å². The molecule has 3 aromatic carbocycles. The van der Waals surface area contributed by atoms with Crippen LogP contribution in [0.1, 0.15) is 29.5 Å². The van der Waals surface area contributed by atoms with Gasteiger partial charge in [-0.05, 0) is 71.8 Å². The van der Waals surface area contributed by atoms with Gasteiger partial charge in [-0.1, -0.05) is 72.8 Å². The number of thiophene rings is 1. The molecular formula is C28H27NOS. The van der Waals surface area contributed by atoms with Crippen LogP contribution in [0.4, 0.5) is 0 Å². The molecule has 31 heavy (non-hydrogen) atoms. The van der Waals surface area contributed by atoms with Crippen molar-refractivity contribution in [3.63, 3.8) is 0 Å². The van der Waals surface area contributed by atoms with Crippen molar-refractivity contribution >= 4 is 11.3 Å². The van der Waals surface area contributed by atoms with E-state index in [2.05, 4.69) is 83.1 Å². The molecule has 0 radical (unpaired) electrons. The lowest BCUT2D eigenvalue weighted by Crippen LogP contribution is -2.43. The van der Waals surface area contributed by atoms with Crippen LogP contribution in [-0.4, -0.2) is 23.1 Å². The molecule has 3 heteroatoms. The number of phenolic OH excluding ortho intramolecular Hbond substituents is 1. The summed E-state index contributed by atoms with van der Waals surface area (Å²) in [6, 6.07) is 32.0. The van der Waals surface area contributed by atoms with E-state index < -0.39 is 0 Å². The van der Waals surface area contributed by atoms with Gasteiger partial charge in [-0.15, -0.1) is 11.3 Å². The highest BCUT2D eigenvalue weighted by Crippen LogP contribution is 2.43. The molecule has 1 N–H and O–H groups in total. The molecule has 0 spiro atoms. The number of piperidine rings is 1. The van der Waals surface area contributed by atoms with Crippen LogP contribution in [0, 0.1) is 0 Å². The molecule has 2 nitrogen and oxygen atoms in total. The quantitative estimate of drug-likeness (QED) is 0.384. The van der Waals surface area contributed by atoms with Gasteiger partial charge in [0.1, 0.15) is 5.75 Å². The monoisotopic (exact) mass is 425 g/mol. The molecule has 0 saturated carbocycles. The first-order chi connectivity index (χ1) is 15.2. The minimum absolute atomic E-state index is 0.0695. The van der Waals surface area contributed by atoms with Crippen molar-refractivity contribution in [2.75, 3.05) is 13.1 Å². The summed E-state index contributed by atoms with van der Waals surface area (Å²) in [5.41, 5.74) is 5.13. The summed E-state index contributed by atoms with van der Waals surface area (Å²) in [4.78, 5) is 3.85. The Morgan fingerprint density at radius 3 is 2.23 bits per heavy atom. The number of likely N-dealkylation sites (tertiary alicyclic amines) is 1. The first-order valence-electron chi connectivity index (χ1n) is 10.9. The van der Waals surface area contributed by atoms with E-state index in [-0.39, 0.29) is 5.41 Å². The number of hydrogen-bond donors (Lipinski definition) is 1. The van der Waals surface area contributed by atoms with Crippen LogP contribution in [0.2, 0.25) is 0 Å². The fourth-order valence-corrected chi connectivity index (χ4v) is 5.61. The predicted octanol–water partition coefficient (Wildman–Crippen LogP) is 6.70. The molecule has 0 atom stereocenters. The average Bonchev–Trinajstić information content (AvgIpc) is 3.36. The van der Waals surface area contributed by atoms with E-state index in [4.69, 9.17) is 0 Å². The van der Waals surface area contributed by atoms with Gasteiger partial charge in [-0.3, -0.25) is 4.90 Å². The molecular weight excluding hydrogens is 398 g/mol. The van der Waals surface area contributed by atoms with Crippen molar-refractivity contribution in [3.05, 3.63) is 113 Å². The highest BCUT2D eigenvalue weighted by Gasteiger charge is 2.38. The Hall–Kier alpha value is -2.88. The number of phenols is 1. The lowest BCUT2D eigenvalue weighted by Gasteiger charge is -2.43. The van der Waals surface area contributed by atoms with Crippen molar-refractivity contribution in [2.45, 2.75) is 24.8 Å². The van der Waals surface area contributed by atoms with Crippen LogP contribution in [0.5, 0.6) is 5.75 Å². The lowest BCUT2D eigenvalue weighted by atomic mass is 9.68. The number of nitrogens with zero attached hydrogens (tertiary/aromatic N) is 1. The second-order valence-corrected chi connectivity index (χ2v) is 9.40. The summed E-state index contributed by atoms with van der Waals surface area (Å²) in [5, 5.41) is 12.3. The summed E-state index contributed by atoms with van der Waals surface area (Å²) in [6.45, 7) is 3.07. The van der Waals surface area contributed by atoms with Gasteiger partial charge in [0, 0.05) is 16.8 Å². The Bertz CT molecular complexity index is 1110. The van der Waals surface area contributed by atoms with Crippen molar-refractivity contribution in [1.29, 1.82) is 0 Å². The maximum atomic E-state index is 10.2. The van der Waals surface area contributed by atoms with Crippen LogP contribution in [0.15, 0.2) is 96.4 Å². The maximum absolute atomic E-state index is 10.2. The molecule has 0 bridgehead atoms. The molecule has 0 amide bonds. The third-order valence-corrected chi connectivity index (χ3v) is 7.52. The van der Waals surface area contributed by atoms with Gasteiger partial charge in [-0.2, -0.15) is 0 Å². The molecule has 2 heterocycles. The summed E-state index contributed by atoms with van der Waals surface area (Å²) in [6.07, 6.45) is 2.09. The fraction of sp³-hybridized carbons (Fsp3) is 0.214. The molecule has 156 valence electrons. The van der Waals surface area contributed by atoms with Gasteiger partial charge in [-0.25, -0.2) is 0 Å². The van der Waals surface area contributed by atoms with E-state index in [1.165, 1.54) is 27.1 Å². The zero-order valence-corrected chi connectivity index (χ0v) is 18.4. The number of rotatable bonds is 5. The normalized spacial score (nSPS) is 16.3. The van der Waals surface area contributed by atoms with Crippen LogP contribution in [0.3, 0.4) is 0 Å². The Kier molecular flexibility index (Phi) is 5.63. The Labute approximate surface area is 188 Å². The van der Waals surface area contributed by atoms with Crippen LogP contribution < -0.4 is 0 Å². The van der Waals surface area contributed by atoms with Crippen LogP contribution in [-0.2, 0) is 12.0 Å². The fourth-order valence-electron chi connectivity index (χ4n) is 4.88. The zero-order valence-electron chi connectivity index (χ0n) is 17.6. The van der Waals surface area contributed by atoms with Gasteiger partial charge in [0.25, 0.3) is 0 Å². The summed E-state index contributed by atoms with van der Waals surface area (Å²) in [5.74, 6) is 0.346. The first kappa shape index (κ1) is 20.0. The summed E-state index contributed by atoms with van der Waals surface area (Å²) in [7, 11) is 0. The van der Waals surface area contributed by atoms with E-state index in [0.29, 0.717) is 5.75 Å². The molecule has 1 aliphatic heterocycles. The predicted molar refractivity (Wildman–Crippen MR) is 130 cm³/mol. The standard InChI is InChI=1S/C28H27NOS/c30-26-9-4-8-25(20-26)28(24-13-11-23(12-14-24)27-10-5-19-31-27)15-17-29(18-16-28)21-22-6-2-1-3-7-22/h1-14,19-20,30H,15-18,21H2. The SMILES string of the molecule is Oc1cccc(C2(c3ccc(-c4cccs4)cc3)CCN(Cc3ccccc3)CC2)c1. The van der Waals surface area contributed by atoms with Gasteiger partial charge >= 0.3 is 0 Å². The van der Waals surface area contributed by atoms with E-state index in [9.17, 15) is 5.11 Å². The molecule has 1 fully saturated rings. The average molecular weight is 426 g/mol. The molecule has 1 aromatic heterocycles. The molecule has 5 rings (SSSR count). The highest BCUT2D eigenvalue weighted by molar-refractivity contribution is 7.13. The summed E-state index contributed by atoms with van der Waals surface area (Å²) >= 11 is 1.78. The van der Waals surface area contributed by atoms with Crippen LogP contribution >= 0.6 is 11.3 Å². The largest absolute Gasteiger partial charge is 0.508 e. The van der Waals surface area contributed by atoms with Gasteiger partial charge in [0.2, 0.25) is 0 Å². The first-order valence-corrected chi connectivity index (χ1v) is 11.8. The van der Waals surface area contributed by atoms with Crippen molar-refractivity contribution < 1.29 is 5.11 Å². The number of aromatic hydroxyl groups is 1. The minimum atomic E-state index is -0.0695. The van der Waals surface area contributed by atoms with E-state index in [0.717, 1.165) is 32.5 Å². The van der Waals surface area contributed by atoms with E-state index >= 15 is 0 Å². The van der Waals surface area contributed by atoms with Crippen molar-refractivity contribution in [2.24, 2.45) is 0 Å². The highest BCUT2D eigenvalue weighted by atomic mass is 32.1. The lowest BCUT2D eigenvalue weighted by molar-refractivity contribution is 0.172. The topological polar surface area (TPSA) is 23.5 Å². The Morgan fingerprint density at radius 1 is 0.774 bits per heavy atom. The van der Waals surface area contributed by atoms with Crippen LogP contribution in [0.25, 0.3) is 10.4 Å². The molecule has 4 aromatic rings. The molecule has 0 aliphatic carbocycles. The van der Waals surface area contributed by atoms with Gasteiger partial charge in [0.15, 0.2) is 0 Å². The summed E-state index contributed by atoms with van der Waals surface area (Å²) < 4.78 is 0. The second kappa shape index (κ2) is 8.70. The minimum Gasteiger partial charge on any atom is -0.508 e. The smallest absolute Gasteiger partial charge is 0.115 e. The Morgan fingerprint density at radius 2 is 1.55 bits per heavy atom. The molecule has 1 saturated heterocycles. The van der Waals surface area contributed by atoms with Crippen molar-refractivity contribution in [3.8, 4) is 16.2 Å². The second-order valence-electron chi connectivity index (χ2n) is 8.45. The van der Waals surface area contributed by atoms with E-state index in [1.807, 2.05) is 12.1 Å². The molecule has 0 unspecified atom stereocenters. The van der Waals surface area contributed by atoms with Gasteiger partial charge in [0.05, 0.1) is 0 Å². The zero-order chi connectivity index (χ0) is 21.1. The Balaban J connectivity index is 1.44. The maximum Gasteiger partial charge on any atom is 0.115 e. The third kappa shape index (κ3) is 4.16. The number of hydrogen-bond acceptors (Lipinski definition) is 3. The molecule has 1 aliphatic rings. The van der Waals surface area contributed by atoms with Gasteiger partial charge < -0.3 is 5.11 Å². The number of benzene rings is 3. The third-order valence-electron chi connectivity index (χ3n) is 6.60. The van der Waals surface area contributed by atoms with E-state index in [1.54, 1.807) is 17.4 Å².